The highest BCUT2D eigenvalue weighted by molar-refractivity contribution is 9.08. The molecule has 1 saturated carbocycles. The number of benzene rings is 2. The van der Waals surface area contributed by atoms with Crippen molar-refractivity contribution < 1.29 is 13.2 Å². The van der Waals surface area contributed by atoms with Crippen LogP contribution in [0.1, 0.15) is 49.4 Å². The summed E-state index contributed by atoms with van der Waals surface area (Å²) in [6, 6.07) is 17.5. The number of halogens is 1. The molecule has 1 aliphatic carbocycles. The first kappa shape index (κ1) is 22.1. The molecule has 164 valence electrons. The Bertz CT molecular complexity index is 1130. The minimum absolute atomic E-state index is 0.329. The van der Waals surface area contributed by atoms with Crippen LogP contribution in [0.15, 0.2) is 59.5 Å². The Kier molecular flexibility index (Phi) is 6.82. The predicted octanol–water partition coefficient (Wildman–Crippen LogP) is 5.93. The Morgan fingerprint density at radius 2 is 1.81 bits per heavy atom. The molecule has 0 spiro atoms. The standard InChI is InChI=1S/C24H27BrN2O3S/c1-31(28,29)23-12-10-19(11-13-23)24-15-20(26-27(24)21-7-3-2-4-8-21)17-30-22-9-5-6-18(14-22)16-25/h5-6,9-15,21H,2-4,7-8,16-17H2,1H3. The van der Waals surface area contributed by atoms with Crippen molar-refractivity contribution >= 4 is 25.8 Å². The van der Waals surface area contributed by atoms with Gasteiger partial charge >= 0.3 is 0 Å². The largest absolute Gasteiger partial charge is 0.487 e. The van der Waals surface area contributed by atoms with Gasteiger partial charge in [0.15, 0.2) is 9.84 Å². The van der Waals surface area contributed by atoms with Crippen molar-refractivity contribution in [1.82, 2.24) is 9.78 Å². The van der Waals surface area contributed by atoms with Crippen molar-refractivity contribution in [2.75, 3.05) is 6.26 Å². The number of sulfone groups is 1. The van der Waals surface area contributed by atoms with E-state index in [-0.39, 0.29) is 0 Å². The van der Waals surface area contributed by atoms with Crippen LogP contribution in [-0.2, 0) is 21.8 Å². The van der Waals surface area contributed by atoms with Gasteiger partial charge in [-0.25, -0.2) is 8.42 Å². The van der Waals surface area contributed by atoms with E-state index in [1.165, 1.54) is 25.5 Å². The first-order valence-corrected chi connectivity index (χ1v) is 13.6. The second kappa shape index (κ2) is 9.57. The quantitative estimate of drug-likeness (QED) is 0.375. The van der Waals surface area contributed by atoms with Gasteiger partial charge in [0.1, 0.15) is 18.1 Å². The van der Waals surface area contributed by atoms with E-state index in [1.807, 2.05) is 30.3 Å². The van der Waals surface area contributed by atoms with Crippen LogP contribution in [-0.4, -0.2) is 24.5 Å². The van der Waals surface area contributed by atoms with Crippen LogP contribution in [0.5, 0.6) is 5.75 Å². The lowest BCUT2D eigenvalue weighted by molar-refractivity contribution is 0.291. The highest BCUT2D eigenvalue weighted by Gasteiger charge is 2.21. The van der Waals surface area contributed by atoms with Crippen molar-refractivity contribution in [2.45, 2.75) is 55.0 Å². The van der Waals surface area contributed by atoms with E-state index in [0.717, 1.165) is 46.4 Å². The molecule has 0 bridgehead atoms. The Labute approximate surface area is 192 Å². The molecule has 2 aromatic carbocycles. The number of alkyl halides is 1. The molecule has 0 aliphatic heterocycles. The minimum atomic E-state index is -3.22. The van der Waals surface area contributed by atoms with Gasteiger partial charge in [0, 0.05) is 11.6 Å². The van der Waals surface area contributed by atoms with Gasteiger partial charge < -0.3 is 4.74 Å². The van der Waals surface area contributed by atoms with Gasteiger partial charge in [0.2, 0.25) is 0 Å². The fraction of sp³-hybridized carbons (Fsp3) is 0.375. The minimum Gasteiger partial charge on any atom is -0.487 e. The molecule has 0 amide bonds. The normalized spacial score (nSPS) is 15.2. The molecule has 0 radical (unpaired) electrons. The molecular weight excluding hydrogens is 476 g/mol. The number of aromatic nitrogens is 2. The second-order valence-electron chi connectivity index (χ2n) is 8.12. The highest BCUT2D eigenvalue weighted by Crippen LogP contribution is 2.33. The average molecular weight is 503 g/mol. The number of rotatable bonds is 7. The predicted molar refractivity (Wildman–Crippen MR) is 126 cm³/mol. The molecule has 1 aliphatic rings. The topological polar surface area (TPSA) is 61.2 Å². The first-order valence-electron chi connectivity index (χ1n) is 10.6. The zero-order valence-electron chi connectivity index (χ0n) is 17.6. The number of nitrogens with zero attached hydrogens (tertiary/aromatic N) is 2. The van der Waals surface area contributed by atoms with Gasteiger partial charge in [-0.3, -0.25) is 4.68 Å². The maximum Gasteiger partial charge on any atom is 0.175 e. The molecule has 0 atom stereocenters. The summed E-state index contributed by atoms with van der Waals surface area (Å²) in [5.74, 6) is 0.822. The third kappa shape index (κ3) is 5.39. The van der Waals surface area contributed by atoms with Crippen molar-refractivity contribution in [3.63, 3.8) is 0 Å². The maximum absolute atomic E-state index is 11.8. The Hall–Kier alpha value is -2.12. The molecule has 1 fully saturated rings. The summed E-state index contributed by atoms with van der Waals surface area (Å²) >= 11 is 3.48. The van der Waals surface area contributed by atoms with Crippen LogP contribution < -0.4 is 4.74 Å². The summed E-state index contributed by atoms with van der Waals surface area (Å²) in [6.07, 6.45) is 7.15. The monoisotopic (exact) mass is 502 g/mol. The van der Waals surface area contributed by atoms with E-state index in [2.05, 4.69) is 32.7 Å². The molecule has 3 aromatic rings. The van der Waals surface area contributed by atoms with E-state index in [9.17, 15) is 8.42 Å². The van der Waals surface area contributed by atoms with Gasteiger partial charge in [0.25, 0.3) is 0 Å². The first-order chi connectivity index (χ1) is 14.9. The van der Waals surface area contributed by atoms with E-state index in [4.69, 9.17) is 9.84 Å². The van der Waals surface area contributed by atoms with Crippen LogP contribution in [0.25, 0.3) is 11.3 Å². The fourth-order valence-corrected chi connectivity index (χ4v) is 5.06. The van der Waals surface area contributed by atoms with Gasteiger partial charge in [-0.1, -0.05) is 59.5 Å². The third-order valence-electron chi connectivity index (χ3n) is 5.72. The lowest BCUT2D eigenvalue weighted by Gasteiger charge is -2.24. The van der Waals surface area contributed by atoms with Gasteiger partial charge in [-0.15, -0.1) is 0 Å². The SMILES string of the molecule is CS(=O)(=O)c1ccc(-c2cc(COc3cccc(CBr)c3)nn2C2CCCCC2)cc1. The maximum atomic E-state index is 11.8. The molecule has 7 heteroatoms. The average Bonchev–Trinajstić information content (AvgIpc) is 3.22. The molecule has 5 nitrogen and oxygen atoms in total. The van der Waals surface area contributed by atoms with Crippen molar-refractivity contribution in [2.24, 2.45) is 0 Å². The third-order valence-corrected chi connectivity index (χ3v) is 7.50. The summed E-state index contributed by atoms with van der Waals surface area (Å²) in [7, 11) is -3.22. The Balaban J connectivity index is 1.62. The zero-order valence-corrected chi connectivity index (χ0v) is 20.0. The van der Waals surface area contributed by atoms with Crippen LogP contribution in [0.2, 0.25) is 0 Å². The lowest BCUT2D eigenvalue weighted by atomic mass is 9.95. The summed E-state index contributed by atoms with van der Waals surface area (Å²) in [5.41, 5.74) is 4.02. The van der Waals surface area contributed by atoms with Crippen LogP contribution in [0.4, 0.5) is 0 Å². The summed E-state index contributed by atoms with van der Waals surface area (Å²) < 4.78 is 31.8. The number of hydrogen-bond donors (Lipinski definition) is 0. The van der Waals surface area contributed by atoms with E-state index < -0.39 is 9.84 Å². The van der Waals surface area contributed by atoms with Crippen LogP contribution in [0.3, 0.4) is 0 Å². The lowest BCUT2D eigenvalue weighted by Crippen LogP contribution is -2.15. The molecular formula is C24H27BrN2O3S. The summed E-state index contributed by atoms with van der Waals surface area (Å²) in [4.78, 5) is 0.329. The molecule has 4 rings (SSSR count). The van der Waals surface area contributed by atoms with E-state index in [0.29, 0.717) is 17.5 Å². The van der Waals surface area contributed by atoms with E-state index >= 15 is 0 Å². The smallest absolute Gasteiger partial charge is 0.175 e. The molecule has 1 aromatic heterocycles. The molecule has 0 N–H and O–H groups in total. The zero-order chi connectivity index (χ0) is 21.8. The van der Waals surface area contributed by atoms with Gasteiger partial charge in [-0.2, -0.15) is 5.10 Å². The number of hydrogen-bond acceptors (Lipinski definition) is 4. The van der Waals surface area contributed by atoms with Crippen molar-refractivity contribution in [3.05, 3.63) is 65.9 Å². The van der Waals surface area contributed by atoms with Gasteiger partial charge in [0.05, 0.1) is 16.6 Å². The second-order valence-corrected chi connectivity index (χ2v) is 10.7. The summed E-state index contributed by atoms with van der Waals surface area (Å²) in [6.45, 7) is 0.389. The van der Waals surface area contributed by atoms with Crippen molar-refractivity contribution in [1.29, 1.82) is 0 Å². The summed E-state index contributed by atoms with van der Waals surface area (Å²) in [5, 5.41) is 5.69. The molecule has 0 saturated heterocycles. The highest BCUT2D eigenvalue weighted by atomic mass is 79.9. The number of ether oxygens (including phenoxy) is 1. The van der Waals surface area contributed by atoms with Crippen LogP contribution >= 0.6 is 15.9 Å². The van der Waals surface area contributed by atoms with E-state index in [1.54, 1.807) is 12.1 Å². The molecule has 31 heavy (non-hydrogen) atoms. The molecule has 1 heterocycles. The Morgan fingerprint density at radius 3 is 2.48 bits per heavy atom. The van der Waals surface area contributed by atoms with Crippen LogP contribution in [0, 0.1) is 0 Å². The molecule has 0 unspecified atom stereocenters. The van der Waals surface area contributed by atoms with Crippen molar-refractivity contribution in [3.8, 4) is 17.0 Å². The fourth-order valence-electron chi connectivity index (χ4n) is 4.08. The van der Waals surface area contributed by atoms with Gasteiger partial charge in [-0.05, 0) is 54.3 Å². The Morgan fingerprint density at radius 1 is 1.06 bits per heavy atom.